The van der Waals surface area contributed by atoms with Gasteiger partial charge in [0.05, 0.1) is 5.75 Å². The molecule has 1 N–H and O–H groups in total. The van der Waals surface area contributed by atoms with Crippen LogP contribution in [0.1, 0.15) is 44.1 Å². The fourth-order valence-corrected chi connectivity index (χ4v) is 2.87. The summed E-state index contributed by atoms with van der Waals surface area (Å²) in [5.74, 6) is 2.25. The third kappa shape index (κ3) is 2.98. The lowest BCUT2D eigenvalue weighted by atomic mass is 10.1. The number of fused-ring (bicyclic) bond motifs is 1. The van der Waals surface area contributed by atoms with Crippen LogP contribution in [0.3, 0.4) is 0 Å². The van der Waals surface area contributed by atoms with E-state index in [9.17, 15) is 0 Å². The van der Waals surface area contributed by atoms with Gasteiger partial charge in [0.15, 0.2) is 5.82 Å². The molecule has 0 aliphatic carbocycles. The first-order valence-corrected chi connectivity index (χ1v) is 7.81. The highest BCUT2D eigenvalue weighted by Crippen LogP contribution is 2.33. The van der Waals surface area contributed by atoms with E-state index in [4.69, 9.17) is 4.52 Å². The second-order valence-electron chi connectivity index (χ2n) is 6.01. The van der Waals surface area contributed by atoms with Gasteiger partial charge in [-0.1, -0.05) is 44.1 Å². The molecule has 2 aromatic rings. The van der Waals surface area contributed by atoms with Crippen molar-refractivity contribution >= 4 is 17.4 Å². The molecule has 3 rings (SSSR count). The van der Waals surface area contributed by atoms with Crippen molar-refractivity contribution in [3.63, 3.8) is 0 Å². The average Bonchev–Trinajstić information content (AvgIpc) is 3.01. The highest BCUT2D eigenvalue weighted by atomic mass is 32.2. The molecule has 0 radical (unpaired) electrons. The largest absolute Gasteiger partial charge is 0.373 e. The lowest BCUT2D eigenvalue weighted by Gasteiger charge is -2.15. The summed E-state index contributed by atoms with van der Waals surface area (Å²) in [5.41, 5.74) is 2.47. The molecule has 0 saturated carbocycles. The molecule has 1 atom stereocenters. The van der Waals surface area contributed by atoms with Crippen LogP contribution in [0.4, 0.5) is 5.69 Å². The third-order valence-corrected chi connectivity index (χ3v) is 4.46. The number of aromatic nitrogens is 2. The molecule has 0 fully saturated rings. The van der Waals surface area contributed by atoms with E-state index in [0.29, 0.717) is 5.89 Å². The van der Waals surface area contributed by atoms with Crippen LogP contribution in [0, 0.1) is 0 Å². The number of nitrogens with one attached hydrogen (secondary N) is 1. The van der Waals surface area contributed by atoms with Gasteiger partial charge in [-0.25, -0.2) is 0 Å². The van der Waals surface area contributed by atoms with Gasteiger partial charge in [-0.3, -0.25) is 0 Å². The summed E-state index contributed by atoms with van der Waals surface area (Å²) in [6, 6.07) is 8.42. The molecule has 5 heteroatoms. The number of rotatable bonds is 3. The monoisotopic (exact) mass is 289 g/mol. The molecule has 0 amide bonds. The predicted octanol–water partition coefficient (Wildman–Crippen LogP) is 3.81. The lowest BCUT2D eigenvalue weighted by molar-refractivity contribution is 0.360. The quantitative estimate of drug-likeness (QED) is 0.931. The van der Waals surface area contributed by atoms with Crippen molar-refractivity contribution in [3.8, 4) is 0 Å². The van der Waals surface area contributed by atoms with Crippen molar-refractivity contribution in [2.75, 3.05) is 5.32 Å². The summed E-state index contributed by atoms with van der Waals surface area (Å²) in [7, 11) is 0. The van der Waals surface area contributed by atoms with Crippen molar-refractivity contribution in [2.24, 2.45) is 0 Å². The zero-order valence-corrected chi connectivity index (χ0v) is 12.8. The number of anilines is 1. The van der Waals surface area contributed by atoms with Crippen LogP contribution >= 0.6 is 11.8 Å². The number of nitrogens with zero attached hydrogens (tertiary/aromatic N) is 2. The maximum atomic E-state index is 5.41. The molecule has 0 saturated heterocycles. The van der Waals surface area contributed by atoms with Crippen LogP contribution in [-0.2, 0) is 12.2 Å². The zero-order valence-electron chi connectivity index (χ0n) is 12.0. The van der Waals surface area contributed by atoms with Gasteiger partial charge >= 0.3 is 0 Å². The Labute approximate surface area is 123 Å². The van der Waals surface area contributed by atoms with E-state index in [-0.39, 0.29) is 10.8 Å². The molecule has 1 aliphatic rings. The fourth-order valence-electron chi connectivity index (χ4n) is 2.20. The highest BCUT2D eigenvalue weighted by molar-refractivity contribution is 7.99. The first-order chi connectivity index (χ1) is 9.51. The molecule has 20 heavy (non-hydrogen) atoms. The molecule has 0 bridgehead atoms. The minimum atomic E-state index is 0.105. The fraction of sp³-hybridized carbons (Fsp3) is 0.467. The average molecular weight is 289 g/mol. The Morgan fingerprint density at radius 3 is 2.90 bits per heavy atom. The van der Waals surface area contributed by atoms with Crippen LogP contribution in [-0.4, -0.2) is 14.9 Å². The Bertz CT molecular complexity index is 578. The van der Waals surface area contributed by atoms with E-state index in [0.717, 1.165) is 18.0 Å². The molecule has 1 aromatic heterocycles. The minimum absolute atomic E-state index is 0.105. The summed E-state index contributed by atoms with van der Waals surface area (Å²) in [6.45, 7) is 6.56. The molecule has 0 spiro atoms. The Morgan fingerprint density at radius 1 is 1.35 bits per heavy atom. The summed E-state index contributed by atoms with van der Waals surface area (Å²) >= 11 is 1.82. The van der Waals surface area contributed by atoms with Gasteiger partial charge in [-0.05, 0) is 11.6 Å². The van der Waals surface area contributed by atoms with Crippen molar-refractivity contribution in [1.29, 1.82) is 0 Å². The number of para-hydroxylation sites is 1. The van der Waals surface area contributed by atoms with Gasteiger partial charge in [-0.2, -0.15) is 4.98 Å². The summed E-state index contributed by atoms with van der Waals surface area (Å²) in [4.78, 5) is 4.52. The Balaban J connectivity index is 1.67. The number of benzene rings is 1. The van der Waals surface area contributed by atoms with Crippen LogP contribution in [0.2, 0.25) is 0 Å². The minimum Gasteiger partial charge on any atom is -0.373 e. The van der Waals surface area contributed by atoms with E-state index in [1.54, 1.807) is 0 Å². The Hall–Kier alpha value is -1.49. The van der Waals surface area contributed by atoms with Gasteiger partial charge in [0.2, 0.25) is 5.89 Å². The normalized spacial score (nSPS) is 17.9. The lowest BCUT2D eigenvalue weighted by Crippen LogP contribution is -2.08. The molecule has 1 aliphatic heterocycles. The molecular formula is C15H19N3OS. The predicted molar refractivity (Wildman–Crippen MR) is 81.9 cm³/mol. The number of hydrogen-bond donors (Lipinski definition) is 1. The molecule has 106 valence electrons. The van der Waals surface area contributed by atoms with Gasteiger partial charge in [0, 0.05) is 16.9 Å². The van der Waals surface area contributed by atoms with E-state index in [2.05, 4.69) is 54.4 Å². The summed E-state index contributed by atoms with van der Waals surface area (Å²) in [5, 5.41) is 7.51. The SMILES string of the molecule is CC(C)(C)SCc1noc([C@@H]2Cc3ccccc3N2)n1. The number of thioether (sulfide) groups is 1. The maximum Gasteiger partial charge on any atom is 0.249 e. The Morgan fingerprint density at radius 2 is 2.15 bits per heavy atom. The standard InChI is InChI=1S/C15H19N3OS/c1-15(2,3)20-9-13-17-14(19-18-13)12-8-10-6-4-5-7-11(10)16-12/h4-7,12,16H,8-9H2,1-3H3/t12-/m0/s1. The van der Waals surface area contributed by atoms with Gasteiger partial charge in [-0.15, -0.1) is 11.8 Å². The van der Waals surface area contributed by atoms with Crippen molar-refractivity contribution in [3.05, 3.63) is 41.5 Å². The first-order valence-electron chi connectivity index (χ1n) is 6.82. The van der Waals surface area contributed by atoms with E-state index in [1.165, 1.54) is 11.3 Å². The van der Waals surface area contributed by atoms with Crippen molar-refractivity contribution in [1.82, 2.24) is 10.1 Å². The van der Waals surface area contributed by atoms with Crippen LogP contribution in [0.15, 0.2) is 28.8 Å². The van der Waals surface area contributed by atoms with Crippen molar-refractivity contribution in [2.45, 2.75) is 43.7 Å². The third-order valence-electron chi connectivity index (χ3n) is 3.19. The van der Waals surface area contributed by atoms with E-state index in [1.807, 2.05) is 17.8 Å². The molecule has 4 nitrogen and oxygen atoms in total. The summed E-state index contributed by atoms with van der Waals surface area (Å²) < 4.78 is 5.62. The van der Waals surface area contributed by atoms with Crippen LogP contribution < -0.4 is 5.32 Å². The van der Waals surface area contributed by atoms with Crippen LogP contribution in [0.25, 0.3) is 0 Å². The Kier molecular flexibility index (Phi) is 3.46. The summed E-state index contributed by atoms with van der Waals surface area (Å²) in [6.07, 6.45) is 0.907. The smallest absolute Gasteiger partial charge is 0.249 e. The molecule has 1 aromatic carbocycles. The zero-order chi connectivity index (χ0) is 14.2. The van der Waals surface area contributed by atoms with E-state index < -0.39 is 0 Å². The maximum absolute atomic E-state index is 5.41. The van der Waals surface area contributed by atoms with Gasteiger partial charge in [0.1, 0.15) is 6.04 Å². The molecule has 0 unspecified atom stereocenters. The second kappa shape index (κ2) is 5.13. The second-order valence-corrected chi connectivity index (χ2v) is 7.81. The van der Waals surface area contributed by atoms with E-state index >= 15 is 0 Å². The van der Waals surface area contributed by atoms with Gasteiger partial charge in [0.25, 0.3) is 0 Å². The van der Waals surface area contributed by atoms with Gasteiger partial charge < -0.3 is 9.84 Å². The number of hydrogen-bond acceptors (Lipinski definition) is 5. The highest BCUT2D eigenvalue weighted by Gasteiger charge is 2.26. The first kappa shape index (κ1) is 13.5. The van der Waals surface area contributed by atoms with Crippen LogP contribution in [0.5, 0.6) is 0 Å². The molecular weight excluding hydrogens is 270 g/mol. The van der Waals surface area contributed by atoms with Crippen molar-refractivity contribution < 1.29 is 4.52 Å². The topological polar surface area (TPSA) is 51.0 Å². The molecule has 2 heterocycles.